The van der Waals surface area contributed by atoms with E-state index in [1.807, 2.05) is 0 Å². The molecule has 0 bridgehead atoms. The molecule has 2 rings (SSSR count). The number of aromatic carboxylic acids is 4. The molecule has 0 unspecified atom stereocenters. The van der Waals surface area contributed by atoms with Crippen molar-refractivity contribution in [1.29, 1.82) is 0 Å². The first-order valence-corrected chi connectivity index (χ1v) is 21.6. The number of aliphatic carboxylic acids is 3. The molecule has 0 atom stereocenters. The number of carboxylic acid groups (broad SMARTS) is 7. The molecule has 0 aliphatic rings. The maximum absolute atomic E-state index is 13.2. The summed E-state index contributed by atoms with van der Waals surface area (Å²) in [7, 11) is 0. The number of halogens is 6. The quantitative estimate of drug-likeness (QED) is 0.0605. The van der Waals surface area contributed by atoms with Crippen molar-refractivity contribution in [3.63, 3.8) is 0 Å². The van der Waals surface area contributed by atoms with E-state index in [0.717, 1.165) is 9.80 Å². The molecule has 0 aliphatic carbocycles. The maximum atomic E-state index is 13.2. The van der Waals surface area contributed by atoms with Gasteiger partial charge in [0.1, 0.15) is 0 Å². The van der Waals surface area contributed by atoms with Crippen LogP contribution in [0.4, 0.5) is 11.4 Å². The normalized spacial score (nSPS) is 10.9. The fraction of sp³-hybridized carbons (Fsp3) is 0.300. The summed E-state index contributed by atoms with van der Waals surface area (Å²) in [5.41, 5.74) is -1.74. The second-order valence-corrected chi connectivity index (χ2v) is 17.8. The zero-order chi connectivity index (χ0) is 43.6. The predicted molar refractivity (Wildman–Crippen MR) is 247 cm³/mol. The number of anilines is 2. The molecule has 21 nitrogen and oxygen atoms in total. The summed E-state index contributed by atoms with van der Waals surface area (Å²) in [5.74, 6) is -11.6. The van der Waals surface area contributed by atoms with Crippen LogP contribution in [0.25, 0.3) is 0 Å². The molecule has 0 fully saturated rings. The first kappa shape index (κ1) is 55.2. The third-order valence-electron chi connectivity index (χ3n) is 7.29. The van der Waals surface area contributed by atoms with Crippen LogP contribution in [0.1, 0.15) is 41.4 Å². The monoisotopic (exact) mass is 1640 g/mol. The predicted octanol–water partition coefficient (Wildman–Crippen LogP) is 2.84. The average Bonchev–Trinajstić information content (AvgIpc) is 3.04. The molecule has 0 saturated heterocycles. The van der Waals surface area contributed by atoms with Crippen LogP contribution < -0.4 is 10.6 Å². The van der Waals surface area contributed by atoms with Crippen molar-refractivity contribution in [2.45, 2.75) is 0 Å². The van der Waals surface area contributed by atoms with Crippen molar-refractivity contribution in [2.24, 2.45) is 0 Å². The summed E-state index contributed by atoms with van der Waals surface area (Å²) in [6.45, 7) is -4.18. The van der Waals surface area contributed by atoms with Gasteiger partial charge in [-0.15, -0.1) is 0 Å². The molecule has 58 heavy (non-hydrogen) atoms. The summed E-state index contributed by atoms with van der Waals surface area (Å²) in [6, 6.07) is 0. The minimum absolute atomic E-state index is 0. The molecular weight excluding hydrogens is 1610 g/mol. The number of carbonyl (C=O) groups excluding carboxylic acids is 2. The number of nitrogens with zero attached hydrogens (tertiary/aromatic N) is 3. The Morgan fingerprint density at radius 3 is 0.828 bits per heavy atom. The molecule has 9 N–H and O–H groups in total. The van der Waals surface area contributed by atoms with E-state index in [0.29, 0.717) is 0 Å². The summed E-state index contributed by atoms with van der Waals surface area (Å²) < 4.78 is -0.0893. The Balaban J connectivity index is 0.0000168. The van der Waals surface area contributed by atoms with Gasteiger partial charge in [-0.25, -0.2) is 19.2 Å². The van der Waals surface area contributed by atoms with Gasteiger partial charge < -0.3 is 46.4 Å². The van der Waals surface area contributed by atoms with Crippen LogP contribution in [0.2, 0.25) is 0 Å². The largest absolute Gasteiger partial charge is 3.00 e. The van der Waals surface area contributed by atoms with E-state index >= 15 is 0 Å². The van der Waals surface area contributed by atoms with Gasteiger partial charge in [0.25, 0.3) is 0 Å². The van der Waals surface area contributed by atoms with Crippen molar-refractivity contribution in [3.8, 4) is 0 Å². The fourth-order valence-corrected chi connectivity index (χ4v) is 13.6. The van der Waals surface area contributed by atoms with Gasteiger partial charge >= 0.3 is 79.5 Å². The summed E-state index contributed by atoms with van der Waals surface area (Å²) in [5, 5.41) is 72.3. The molecule has 0 radical (unpaired) electrons. The maximum Gasteiger partial charge on any atom is 3.00 e. The van der Waals surface area contributed by atoms with Gasteiger partial charge in [0, 0.05) is 33.3 Å². The van der Waals surface area contributed by atoms with Crippen LogP contribution >= 0.6 is 136 Å². The van der Waals surface area contributed by atoms with Crippen LogP contribution in [-0.4, -0.2) is 163 Å². The Morgan fingerprint density at radius 1 is 0.379 bits per heavy atom. The Labute approximate surface area is 438 Å². The van der Waals surface area contributed by atoms with Gasteiger partial charge in [-0.05, 0) is 136 Å². The molecule has 0 saturated carbocycles. The molecular formula is C30H27HoI6N5O16+3. The Hall–Kier alpha value is -0.810. The number of benzene rings is 2. The van der Waals surface area contributed by atoms with Gasteiger partial charge in [0.15, 0.2) is 0 Å². The van der Waals surface area contributed by atoms with E-state index < -0.39 is 86.3 Å². The number of hydrogen-bond donors (Lipinski definition) is 9. The molecule has 318 valence electrons. The van der Waals surface area contributed by atoms with E-state index in [1.54, 1.807) is 136 Å². The van der Waals surface area contributed by atoms with Gasteiger partial charge in [0.2, 0.25) is 11.8 Å². The van der Waals surface area contributed by atoms with E-state index in [9.17, 15) is 78.9 Å². The van der Waals surface area contributed by atoms with E-state index in [1.165, 1.54) is 4.90 Å². The van der Waals surface area contributed by atoms with Crippen LogP contribution in [0.3, 0.4) is 0 Å². The van der Waals surface area contributed by atoms with Crippen molar-refractivity contribution in [3.05, 3.63) is 43.7 Å². The molecule has 0 aliphatic heterocycles. The minimum atomic E-state index is -1.45. The van der Waals surface area contributed by atoms with Crippen molar-refractivity contribution >= 4 is 201 Å². The van der Waals surface area contributed by atoms with Crippen LogP contribution in [-0.2, 0) is 24.0 Å². The first-order valence-electron chi connectivity index (χ1n) is 15.2. The molecule has 2 aromatic rings. The van der Waals surface area contributed by atoms with Crippen LogP contribution in [0.15, 0.2) is 0 Å². The summed E-state index contributed by atoms with van der Waals surface area (Å²) in [4.78, 5) is 113. The zero-order valence-corrected chi connectivity index (χ0v) is 43.5. The molecule has 0 heterocycles. The number of carboxylic acids is 7. The van der Waals surface area contributed by atoms with Crippen molar-refractivity contribution in [2.75, 3.05) is 69.5 Å². The SMILES string of the molecule is O=C(O)CN(CCN(CC(=O)O)CC(=O)Nc1c(I)c(C(=O)O)c(I)c(C(=O)O)c1I)CCN(CC(=O)O)CC(=O)Nc1c(I)c(C(=O)O)c(I)c(C(=O)O)c1I.[166Ho+3]. The Bertz CT molecular complexity index is 1830. The third kappa shape index (κ3) is 15.8. The molecule has 0 aromatic heterocycles. The topological polar surface area (TPSA) is 329 Å². The zero-order valence-electron chi connectivity index (χ0n) is 28.6. The van der Waals surface area contributed by atoms with Crippen LogP contribution in [0.5, 0.6) is 0 Å². The molecule has 2 amide bonds. The van der Waals surface area contributed by atoms with E-state index in [2.05, 4.69) is 10.6 Å². The standard InChI is InChI=1S/C30H27I6N5O16.Ho/c31-19-15(27(50)51)21(33)25(22(34)16(19)28(52)53)37-10(42)5-40(8-13(46)47)3-1-39(7-12(44)45)2-4-41(9-14(48)49)6-11(43)38-26-23(35)17(29(54)55)20(32)18(24(26)36)30(56)57;/h1-9H2,(H,37,42)(H,38,43)(H,44,45)(H,46,47)(H,48,49)(H,50,51)(H,52,53)(H,54,55)(H,56,57);/q;+3/i;1+1. The number of carbonyl (C=O) groups is 9. The third-order valence-corrected chi connectivity index (χ3v) is 13.8. The summed E-state index contributed by atoms with van der Waals surface area (Å²) in [6.07, 6.45) is 0. The molecule has 2 aromatic carbocycles. The van der Waals surface area contributed by atoms with Gasteiger partial charge in [-0.3, -0.25) is 38.7 Å². The molecule has 28 heteroatoms. The van der Waals surface area contributed by atoms with Gasteiger partial charge in [-0.1, -0.05) is 0 Å². The Morgan fingerprint density at radius 2 is 0.603 bits per heavy atom. The number of amides is 2. The smallest absolute Gasteiger partial charge is 0.480 e. The number of hydrogen-bond acceptors (Lipinski definition) is 12. The number of rotatable bonds is 22. The van der Waals surface area contributed by atoms with E-state index in [4.69, 9.17) is 0 Å². The van der Waals surface area contributed by atoms with Crippen molar-refractivity contribution in [1.82, 2.24) is 14.7 Å². The summed E-state index contributed by atoms with van der Waals surface area (Å²) >= 11 is 9.70. The first-order chi connectivity index (χ1) is 26.4. The Kier molecular flexibility index (Phi) is 24.1. The minimum Gasteiger partial charge on any atom is -0.480 e. The number of nitrogens with one attached hydrogen (secondary N) is 2. The van der Waals surface area contributed by atoms with Gasteiger partial charge in [-0.2, -0.15) is 0 Å². The van der Waals surface area contributed by atoms with Gasteiger partial charge in [0.05, 0.1) is 80.6 Å². The average molecular weight is 1640 g/mol. The van der Waals surface area contributed by atoms with E-state index in [-0.39, 0.29) is 119 Å². The fourth-order valence-electron chi connectivity index (χ4n) is 4.90. The molecule has 0 spiro atoms. The second kappa shape index (κ2) is 25.3. The van der Waals surface area contributed by atoms with Crippen molar-refractivity contribution < 1.29 is 117 Å². The second-order valence-electron chi connectivity index (χ2n) is 11.3. The van der Waals surface area contributed by atoms with Crippen LogP contribution in [0, 0.1) is 59.2 Å².